The van der Waals surface area contributed by atoms with E-state index in [1.165, 1.54) is 17.3 Å². The topological polar surface area (TPSA) is 113 Å². The Morgan fingerprint density at radius 1 is 1.16 bits per heavy atom. The van der Waals surface area contributed by atoms with Gasteiger partial charge in [0.1, 0.15) is 17.2 Å². The lowest BCUT2D eigenvalue weighted by Gasteiger charge is -2.18. The molecule has 0 radical (unpaired) electrons. The lowest BCUT2D eigenvalue weighted by atomic mass is 10.0. The van der Waals surface area contributed by atoms with Crippen molar-refractivity contribution in [1.29, 1.82) is 0 Å². The zero-order valence-corrected chi connectivity index (χ0v) is 17.5. The number of amides is 1. The van der Waals surface area contributed by atoms with Crippen molar-refractivity contribution in [1.82, 2.24) is 25.6 Å². The summed E-state index contributed by atoms with van der Waals surface area (Å²) >= 11 is 0. The maximum absolute atomic E-state index is 12.5. The van der Waals surface area contributed by atoms with Crippen LogP contribution in [0.1, 0.15) is 28.4 Å². The molecule has 0 saturated carbocycles. The maximum atomic E-state index is 12.5. The molecule has 1 aliphatic heterocycles. The van der Waals surface area contributed by atoms with Crippen LogP contribution in [0.4, 0.5) is 23.3 Å². The molecule has 4 N–H and O–H groups in total. The number of ether oxygens (including phenoxy) is 1. The number of carbonyl (C=O) groups excluding carboxylic acids is 1. The van der Waals surface area contributed by atoms with Gasteiger partial charge in [0.2, 0.25) is 11.8 Å². The van der Waals surface area contributed by atoms with Crippen LogP contribution in [0.3, 0.4) is 0 Å². The number of methoxy groups -OCH3 is 1. The van der Waals surface area contributed by atoms with Crippen LogP contribution in [-0.2, 0) is 13.0 Å². The van der Waals surface area contributed by atoms with Crippen molar-refractivity contribution in [2.45, 2.75) is 19.9 Å². The summed E-state index contributed by atoms with van der Waals surface area (Å²) in [6.07, 6.45) is 2.53. The van der Waals surface area contributed by atoms with Gasteiger partial charge in [-0.25, -0.2) is 4.98 Å². The number of pyridine rings is 1. The second-order valence-corrected chi connectivity index (χ2v) is 7.04. The molecule has 1 amide bonds. The molecule has 9 heteroatoms. The number of carbonyl (C=O) groups is 1. The number of benzene rings is 1. The molecular weight excluding hydrogens is 394 g/mol. The average molecular weight is 419 g/mol. The Morgan fingerprint density at radius 2 is 2.06 bits per heavy atom. The van der Waals surface area contributed by atoms with Gasteiger partial charge in [0.25, 0.3) is 5.91 Å². The van der Waals surface area contributed by atoms with Crippen LogP contribution in [-0.4, -0.2) is 41.1 Å². The summed E-state index contributed by atoms with van der Waals surface area (Å²) in [6.45, 7) is 4.20. The fourth-order valence-electron chi connectivity index (χ4n) is 3.37. The van der Waals surface area contributed by atoms with Crippen LogP contribution in [0, 0.1) is 0 Å². The SMILES string of the molecule is CCNC(=O)c1cnc(Nc2ccc3c(c2)CNCC3)nc1Nc1cccc(OC)n1. The van der Waals surface area contributed by atoms with E-state index in [9.17, 15) is 4.79 Å². The predicted octanol–water partition coefficient (Wildman–Crippen LogP) is 2.76. The minimum absolute atomic E-state index is 0.265. The number of anilines is 4. The van der Waals surface area contributed by atoms with E-state index in [4.69, 9.17) is 4.74 Å². The number of nitrogens with one attached hydrogen (secondary N) is 4. The quantitative estimate of drug-likeness (QED) is 0.462. The van der Waals surface area contributed by atoms with Gasteiger partial charge in [-0.3, -0.25) is 4.79 Å². The van der Waals surface area contributed by atoms with Crippen LogP contribution in [0.15, 0.2) is 42.6 Å². The van der Waals surface area contributed by atoms with E-state index in [0.29, 0.717) is 35.6 Å². The molecule has 0 spiro atoms. The molecule has 0 unspecified atom stereocenters. The molecule has 0 saturated heterocycles. The first-order valence-electron chi connectivity index (χ1n) is 10.2. The van der Waals surface area contributed by atoms with Gasteiger partial charge in [0.15, 0.2) is 0 Å². The molecule has 0 bridgehead atoms. The van der Waals surface area contributed by atoms with Gasteiger partial charge in [0, 0.05) is 31.0 Å². The van der Waals surface area contributed by atoms with Gasteiger partial charge < -0.3 is 26.0 Å². The molecule has 3 heterocycles. The molecule has 1 aromatic carbocycles. The summed E-state index contributed by atoms with van der Waals surface area (Å²) in [4.78, 5) is 25.7. The third-order valence-corrected chi connectivity index (χ3v) is 4.90. The van der Waals surface area contributed by atoms with Crippen LogP contribution < -0.4 is 26.0 Å². The molecule has 0 fully saturated rings. The molecule has 0 atom stereocenters. The fraction of sp³-hybridized carbons (Fsp3) is 0.273. The normalized spacial score (nSPS) is 12.6. The molecule has 4 rings (SSSR count). The summed E-state index contributed by atoms with van der Waals surface area (Å²) in [5.41, 5.74) is 3.82. The molecule has 2 aromatic heterocycles. The van der Waals surface area contributed by atoms with Gasteiger partial charge in [-0.1, -0.05) is 12.1 Å². The first-order valence-corrected chi connectivity index (χ1v) is 10.2. The minimum atomic E-state index is -0.265. The highest BCUT2D eigenvalue weighted by molar-refractivity contribution is 5.99. The van der Waals surface area contributed by atoms with Gasteiger partial charge >= 0.3 is 0 Å². The summed E-state index contributed by atoms with van der Waals surface area (Å²) < 4.78 is 5.18. The number of hydrogen-bond acceptors (Lipinski definition) is 8. The summed E-state index contributed by atoms with van der Waals surface area (Å²) in [5.74, 6) is 1.43. The van der Waals surface area contributed by atoms with Crippen LogP contribution in [0.25, 0.3) is 0 Å². The van der Waals surface area contributed by atoms with E-state index in [2.05, 4.69) is 48.4 Å². The van der Waals surface area contributed by atoms with Crippen molar-refractivity contribution in [3.63, 3.8) is 0 Å². The molecule has 31 heavy (non-hydrogen) atoms. The van der Waals surface area contributed by atoms with Crippen molar-refractivity contribution in [3.05, 3.63) is 59.3 Å². The zero-order chi connectivity index (χ0) is 21.6. The van der Waals surface area contributed by atoms with Gasteiger partial charge in [-0.05, 0) is 49.2 Å². The van der Waals surface area contributed by atoms with Crippen molar-refractivity contribution < 1.29 is 9.53 Å². The Morgan fingerprint density at radius 3 is 2.90 bits per heavy atom. The van der Waals surface area contributed by atoms with E-state index in [0.717, 1.165) is 25.2 Å². The number of aromatic nitrogens is 3. The fourth-order valence-corrected chi connectivity index (χ4v) is 3.37. The molecule has 3 aromatic rings. The van der Waals surface area contributed by atoms with E-state index in [1.807, 2.05) is 19.1 Å². The Kier molecular flexibility index (Phi) is 6.23. The second-order valence-electron chi connectivity index (χ2n) is 7.04. The summed E-state index contributed by atoms with van der Waals surface area (Å²) in [5, 5.41) is 12.5. The summed E-state index contributed by atoms with van der Waals surface area (Å²) in [6, 6.07) is 11.6. The van der Waals surface area contributed by atoms with Crippen LogP contribution in [0.5, 0.6) is 5.88 Å². The minimum Gasteiger partial charge on any atom is -0.481 e. The molecular formula is C22H25N7O2. The predicted molar refractivity (Wildman–Crippen MR) is 119 cm³/mol. The Bertz CT molecular complexity index is 1090. The van der Waals surface area contributed by atoms with Crippen LogP contribution in [0.2, 0.25) is 0 Å². The highest BCUT2D eigenvalue weighted by Gasteiger charge is 2.16. The number of fused-ring (bicyclic) bond motifs is 1. The molecule has 1 aliphatic rings. The van der Waals surface area contributed by atoms with Gasteiger partial charge in [-0.15, -0.1) is 0 Å². The summed E-state index contributed by atoms with van der Waals surface area (Å²) in [7, 11) is 1.55. The second kappa shape index (κ2) is 9.40. The standard InChI is InChI=1S/C22H25N7O2/c1-3-24-21(30)17-13-25-22(26-16-8-7-14-9-10-23-12-15(14)11-16)29-20(17)28-18-5-4-6-19(27-18)31-2/h4-8,11,13,23H,3,9-10,12H2,1-2H3,(H,24,30)(H2,25,26,27,28,29). The third kappa shape index (κ3) is 4.89. The average Bonchev–Trinajstić information content (AvgIpc) is 2.79. The molecule has 9 nitrogen and oxygen atoms in total. The highest BCUT2D eigenvalue weighted by atomic mass is 16.5. The Labute approximate surface area is 180 Å². The molecule has 0 aliphatic carbocycles. The smallest absolute Gasteiger partial charge is 0.256 e. The van der Waals surface area contributed by atoms with Crippen molar-refractivity contribution >= 4 is 29.2 Å². The van der Waals surface area contributed by atoms with E-state index in [-0.39, 0.29) is 5.91 Å². The highest BCUT2D eigenvalue weighted by Crippen LogP contribution is 2.24. The maximum Gasteiger partial charge on any atom is 0.256 e. The van der Waals surface area contributed by atoms with Crippen LogP contribution >= 0.6 is 0 Å². The first kappa shape index (κ1) is 20.5. The Hall–Kier alpha value is -3.72. The van der Waals surface area contributed by atoms with E-state index >= 15 is 0 Å². The van der Waals surface area contributed by atoms with E-state index < -0.39 is 0 Å². The monoisotopic (exact) mass is 419 g/mol. The van der Waals surface area contributed by atoms with E-state index in [1.54, 1.807) is 19.2 Å². The van der Waals surface area contributed by atoms with Crippen molar-refractivity contribution in [2.75, 3.05) is 30.8 Å². The number of nitrogens with zero attached hydrogens (tertiary/aromatic N) is 3. The lowest BCUT2D eigenvalue weighted by Crippen LogP contribution is -2.24. The lowest BCUT2D eigenvalue weighted by molar-refractivity contribution is 0.0956. The van der Waals surface area contributed by atoms with Gasteiger partial charge in [0.05, 0.1) is 7.11 Å². The van der Waals surface area contributed by atoms with Gasteiger partial charge in [-0.2, -0.15) is 9.97 Å². The Balaban J connectivity index is 1.63. The van der Waals surface area contributed by atoms with Crippen molar-refractivity contribution in [3.8, 4) is 5.88 Å². The zero-order valence-electron chi connectivity index (χ0n) is 17.5. The number of hydrogen-bond donors (Lipinski definition) is 4. The molecule has 160 valence electrons. The first-order chi connectivity index (χ1) is 15.2. The number of rotatable bonds is 7. The third-order valence-electron chi connectivity index (χ3n) is 4.90. The van der Waals surface area contributed by atoms with Crippen molar-refractivity contribution in [2.24, 2.45) is 0 Å². The largest absolute Gasteiger partial charge is 0.481 e.